The predicted octanol–water partition coefficient (Wildman–Crippen LogP) is 3.17. The zero-order valence-corrected chi connectivity index (χ0v) is 23.0. The zero-order chi connectivity index (χ0) is 28.3. The van der Waals surface area contributed by atoms with E-state index in [9.17, 15) is 18.3 Å². The maximum Gasteiger partial charge on any atom is 0.283 e. The van der Waals surface area contributed by atoms with Gasteiger partial charge in [0.1, 0.15) is 5.75 Å². The molecular weight excluding hydrogens is 532 g/mol. The van der Waals surface area contributed by atoms with Gasteiger partial charge < -0.3 is 25.1 Å². The number of hydrogen-bond acceptors (Lipinski definition) is 7. The van der Waals surface area contributed by atoms with Gasteiger partial charge in [0.05, 0.1) is 25.2 Å². The molecule has 0 spiro atoms. The number of nitrogens with zero attached hydrogens (tertiary/aromatic N) is 1. The van der Waals surface area contributed by atoms with Crippen LogP contribution in [0.1, 0.15) is 29.0 Å². The highest BCUT2D eigenvalue weighted by molar-refractivity contribution is 7.89. The van der Waals surface area contributed by atoms with E-state index in [1.54, 1.807) is 18.2 Å². The molecule has 5 rings (SSSR count). The average Bonchev–Trinajstić information content (AvgIpc) is 3.34. The molecule has 3 aromatic rings. The Kier molecular flexibility index (Phi) is 8.22. The minimum atomic E-state index is -3.89. The SMILES string of the molecule is COc1ccc(S(=O)(=O)N(CCO)CCO[C@@H]2C[C@H](c3ccc4c(c3)Cc3ccccc3-4)C=C(C(N)=O)O2)cc1. The van der Waals surface area contributed by atoms with E-state index in [2.05, 4.69) is 24.3 Å². The summed E-state index contributed by atoms with van der Waals surface area (Å²) in [6, 6.07) is 20.7. The second-order valence-electron chi connectivity index (χ2n) is 9.71. The topological polar surface area (TPSA) is 128 Å². The fraction of sp³-hybridized carbons (Fsp3) is 0.300. The Hall–Kier alpha value is -3.70. The summed E-state index contributed by atoms with van der Waals surface area (Å²) >= 11 is 0. The number of aliphatic hydroxyl groups excluding tert-OH is 1. The van der Waals surface area contributed by atoms with Crippen LogP contribution in [0.3, 0.4) is 0 Å². The van der Waals surface area contributed by atoms with Crippen molar-refractivity contribution in [1.29, 1.82) is 0 Å². The number of amides is 1. The molecule has 0 bridgehead atoms. The van der Waals surface area contributed by atoms with Crippen LogP contribution in [0.5, 0.6) is 5.75 Å². The molecule has 2 aliphatic rings. The molecule has 0 saturated heterocycles. The van der Waals surface area contributed by atoms with Crippen LogP contribution < -0.4 is 10.5 Å². The summed E-state index contributed by atoms with van der Waals surface area (Å²) in [6.45, 7) is -0.492. The Morgan fingerprint density at radius 1 is 1.05 bits per heavy atom. The number of benzene rings is 3. The number of nitrogens with two attached hydrogens (primary N) is 1. The lowest BCUT2D eigenvalue weighted by molar-refractivity contribution is -0.144. The summed E-state index contributed by atoms with van der Waals surface area (Å²) in [6.07, 6.45) is 2.19. The third-order valence-electron chi connectivity index (χ3n) is 7.24. The van der Waals surface area contributed by atoms with Crippen LogP contribution >= 0.6 is 0 Å². The molecule has 3 aromatic carbocycles. The molecule has 3 N–H and O–H groups in total. The Morgan fingerprint density at radius 3 is 2.52 bits per heavy atom. The first-order valence-electron chi connectivity index (χ1n) is 13.1. The number of carbonyl (C=O) groups excluding carboxylic acids is 1. The summed E-state index contributed by atoms with van der Waals surface area (Å²) in [5, 5.41) is 9.51. The van der Waals surface area contributed by atoms with Gasteiger partial charge in [0.15, 0.2) is 5.76 Å². The number of carbonyl (C=O) groups is 1. The standard InChI is InChI=1S/C30H32N2O7S/c1-37-24-7-9-25(10-8-24)40(35,36)32(12-14-33)13-15-38-29-19-22(18-28(39-29)30(31)34)20-6-11-27-23(16-20)17-21-4-2-3-5-26(21)27/h2-11,16,18,22,29,33H,12-15,17,19H2,1H3,(H2,31,34)/t22-,29+/m1/s1. The van der Waals surface area contributed by atoms with Crippen molar-refractivity contribution in [2.75, 3.05) is 33.4 Å². The van der Waals surface area contributed by atoms with Crippen LogP contribution in [0.2, 0.25) is 0 Å². The van der Waals surface area contributed by atoms with E-state index in [4.69, 9.17) is 19.9 Å². The molecule has 10 heteroatoms. The van der Waals surface area contributed by atoms with Gasteiger partial charge in [-0.3, -0.25) is 4.79 Å². The van der Waals surface area contributed by atoms with Crippen molar-refractivity contribution >= 4 is 15.9 Å². The largest absolute Gasteiger partial charge is 0.497 e. The number of sulfonamides is 1. The highest BCUT2D eigenvalue weighted by atomic mass is 32.2. The van der Waals surface area contributed by atoms with E-state index in [-0.39, 0.29) is 42.9 Å². The smallest absolute Gasteiger partial charge is 0.283 e. The number of fused-ring (bicyclic) bond motifs is 3. The third-order valence-corrected chi connectivity index (χ3v) is 9.15. The van der Waals surface area contributed by atoms with Gasteiger partial charge in [0, 0.05) is 25.4 Å². The van der Waals surface area contributed by atoms with Crippen molar-refractivity contribution in [2.45, 2.75) is 29.9 Å². The van der Waals surface area contributed by atoms with E-state index >= 15 is 0 Å². The van der Waals surface area contributed by atoms with Crippen molar-refractivity contribution in [2.24, 2.45) is 5.73 Å². The Balaban J connectivity index is 1.28. The number of rotatable bonds is 11. The maximum absolute atomic E-state index is 13.2. The fourth-order valence-corrected chi connectivity index (χ4v) is 6.62. The van der Waals surface area contributed by atoms with Crippen LogP contribution in [-0.4, -0.2) is 63.4 Å². The van der Waals surface area contributed by atoms with Crippen molar-refractivity contribution in [3.05, 3.63) is 95.3 Å². The van der Waals surface area contributed by atoms with Crippen LogP contribution in [0.15, 0.2) is 83.5 Å². The van der Waals surface area contributed by atoms with Crippen LogP contribution in [0, 0.1) is 0 Å². The molecular formula is C30H32N2O7S. The average molecular weight is 565 g/mol. The lowest BCUT2D eigenvalue weighted by atomic mass is 9.90. The second-order valence-corrected chi connectivity index (χ2v) is 11.6. The van der Waals surface area contributed by atoms with Gasteiger partial charge in [0.25, 0.3) is 5.91 Å². The minimum Gasteiger partial charge on any atom is -0.497 e. The first kappa shape index (κ1) is 27.9. The number of ether oxygens (including phenoxy) is 3. The molecule has 40 heavy (non-hydrogen) atoms. The van der Waals surface area contributed by atoms with Crippen LogP contribution in [0.4, 0.5) is 0 Å². The first-order chi connectivity index (χ1) is 19.3. The molecule has 1 amide bonds. The van der Waals surface area contributed by atoms with E-state index in [1.807, 2.05) is 18.2 Å². The lowest BCUT2D eigenvalue weighted by Crippen LogP contribution is -2.38. The molecule has 1 aliphatic heterocycles. The predicted molar refractivity (Wildman–Crippen MR) is 149 cm³/mol. The lowest BCUT2D eigenvalue weighted by Gasteiger charge is -2.30. The number of methoxy groups -OCH3 is 1. The number of allylic oxidation sites excluding steroid dienone is 1. The van der Waals surface area contributed by atoms with Crippen molar-refractivity contribution in [3.8, 4) is 16.9 Å². The van der Waals surface area contributed by atoms with Gasteiger partial charge in [-0.05, 0) is 64.6 Å². The van der Waals surface area contributed by atoms with Gasteiger partial charge >= 0.3 is 0 Å². The van der Waals surface area contributed by atoms with Crippen molar-refractivity contribution < 1.29 is 32.5 Å². The van der Waals surface area contributed by atoms with Crippen molar-refractivity contribution in [1.82, 2.24) is 4.31 Å². The zero-order valence-electron chi connectivity index (χ0n) is 22.2. The molecule has 0 fully saturated rings. The normalized spacial score (nSPS) is 18.0. The minimum absolute atomic E-state index is 0.0156. The molecule has 1 aliphatic carbocycles. The number of primary amides is 1. The summed E-state index contributed by atoms with van der Waals surface area (Å²) in [7, 11) is -2.39. The van der Waals surface area contributed by atoms with Crippen molar-refractivity contribution in [3.63, 3.8) is 0 Å². The highest BCUT2D eigenvalue weighted by Crippen LogP contribution is 2.39. The van der Waals surface area contributed by atoms with Gasteiger partial charge in [-0.1, -0.05) is 42.5 Å². The molecule has 0 saturated carbocycles. The van der Waals surface area contributed by atoms with E-state index < -0.39 is 22.2 Å². The van der Waals surface area contributed by atoms with E-state index in [0.29, 0.717) is 12.2 Å². The van der Waals surface area contributed by atoms with Gasteiger partial charge in [-0.15, -0.1) is 0 Å². The van der Waals surface area contributed by atoms with Gasteiger partial charge in [-0.2, -0.15) is 4.31 Å². The molecule has 0 unspecified atom stereocenters. The molecule has 0 radical (unpaired) electrons. The van der Waals surface area contributed by atoms with Crippen LogP contribution in [-0.2, 0) is 30.7 Å². The molecule has 210 valence electrons. The Morgan fingerprint density at radius 2 is 1.80 bits per heavy atom. The number of aliphatic hydroxyl groups is 1. The summed E-state index contributed by atoms with van der Waals surface area (Å²) in [5.74, 6) is -0.322. The molecule has 9 nitrogen and oxygen atoms in total. The Labute approximate surface area is 233 Å². The highest BCUT2D eigenvalue weighted by Gasteiger charge is 2.30. The summed E-state index contributed by atoms with van der Waals surface area (Å²) in [4.78, 5) is 12.1. The first-order valence-corrected chi connectivity index (χ1v) is 14.5. The summed E-state index contributed by atoms with van der Waals surface area (Å²) in [5.41, 5.74) is 11.5. The molecule has 1 heterocycles. The molecule has 0 aromatic heterocycles. The molecule has 2 atom stereocenters. The summed E-state index contributed by atoms with van der Waals surface area (Å²) < 4.78 is 44.2. The van der Waals surface area contributed by atoms with E-state index in [1.165, 1.54) is 41.5 Å². The van der Waals surface area contributed by atoms with Crippen LogP contribution in [0.25, 0.3) is 11.1 Å². The van der Waals surface area contributed by atoms with E-state index in [0.717, 1.165) is 16.3 Å². The fourth-order valence-electron chi connectivity index (χ4n) is 5.20. The quantitative estimate of drug-likeness (QED) is 0.286. The monoisotopic (exact) mass is 564 g/mol. The maximum atomic E-state index is 13.2. The Bertz CT molecular complexity index is 1520. The third kappa shape index (κ3) is 5.75. The van der Waals surface area contributed by atoms with Gasteiger partial charge in [-0.25, -0.2) is 8.42 Å². The van der Waals surface area contributed by atoms with Gasteiger partial charge in [0.2, 0.25) is 16.3 Å². The number of hydrogen-bond donors (Lipinski definition) is 2. The second kappa shape index (κ2) is 11.8.